The molecular formula is C26H36N4O2S. The Bertz CT molecular complexity index is 1020. The van der Waals surface area contributed by atoms with Crippen LogP contribution in [0.5, 0.6) is 0 Å². The minimum Gasteiger partial charge on any atom is -0.312 e. The van der Waals surface area contributed by atoms with Crippen molar-refractivity contribution >= 4 is 34.0 Å². The molecule has 0 unspecified atom stereocenters. The summed E-state index contributed by atoms with van der Waals surface area (Å²) in [6.07, 6.45) is 6.27. The predicted molar refractivity (Wildman–Crippen MR) is 136 cm³/mol. The molecule has 0 spiro atoms. The van der Waals surface area contributed by atoms with Crippen molar-refractivity contribution in [3.63, 3.8) is 0 Å². The number of nitrogens with one attached hydrogen (secondary N) is 1. The lowest BCUT2D eigenvalue weighted by Crippen LogP contribution is -2.33. The molecular weight excluding hydrogens is 432 g/mol. The Morgan fingerprint density at radius 1 is 1.09 bits per heavy atom. The molecule has 2 amide bonds. The van der Waals surface area contributed by atoms with E-state index in [1.807, 2.05) is 17.9 Å². The van der Waals surface area contributed by atoms with Crippen LogP contribution in [0.2, 0.25) is 0 Å². The first-order chi connectivity index (χ1) is 15.7. The molecule has 0 saturated carbocycles. The van der Waals surface area contributed by atoms with Gasteiger partial charge in [0.05, 0.1) is 12.2 Å². The van der Waals surface area contributed by atoms with E-state index in [9.17, 15) is 9.59 Å². The number of carbonyl (C=O) groups is 2. The molecule has 0 aliphatic carbocycles. The van der Waals surface area contributed by atoms with Gasteiger partial charge in [0.1, 0.15) is 0 Å². The molecule has 33 heavy (non-hydrogen) atoms. The fourth-order valence-corrected chi connectivity index (χ4v) is 5.58. The van der Waals surface area contributed by atoms with E-state index >= 15 is 0 Å². The molecule has 1 aromatic heterocycles. The molecule has 6 nitrogen and oxygen atoms in total. The van der Waals surface area contributed by atoms with Crippen LogP contribution in [0.3, 0.4) is 0 Å². The van der Waals surface area contributed by atoms with Gasteiger partial charge >= 0.3 is 0 Å². The average molecular weight is 469 g/mol. The van der Waals surface area contributed by atoms with Crippen molar-refractivity contribution in [1.29, 1.82) is 0 Å². The third-order valence-electron chi connectivity index (χ3n) is 6.34. The quantitative estimate of drug-likeness (QED) is 0.650. The van der Waals surface area contributed by atoms with E-state index in [-0.39, 0.29) is 17.2 Å². The standard InChI is InChI=1S/C26H36N4O2S/c1-18-24(28-25(33-18)27-22(31)17-29-12-7-5-6-8-13-29)20-9-10-21-19(15-20)11-14-30(21)23(32)16-26(2,3)4/h9-10,15H,5-8,11-14,16-17H2,1-4H3,(H,27,28,31). The van der Waals surface area contributed by atoms with Gasteiger partial charge in [0, 0.05) is 29.1 Å². The number of amides is 2. The van der Waals surface area contributed by atoms with Crippen LogP contribution in [0.4, 0.5) is 10.8 Å². The number of carbonyl (C=O) groups excluding carboxylic acids is 2. The maximum Gasteiger partial charge on any atom is 0.240 e. The fourth-order valence-electron chi connectivity index (χ4n) is 4.73. The number of thiazole rings is 1. The van der Waals surface area contributed by atoms with Gasteiger partial charge in [0.15, 0.2) is 5.13 Å². The van der Waals surface area contributed by atoms with Crippen LogP contribution in [0.25, 0.3) is 11.3 Å². The monoisotopic (exact) mass is 468 g/mol. The van der Waals surface area contributed by atoms with Crippen molar-refractivity contribution in [2.45, 2.75) is 66.2 Å². The summed E-state index contributed by atoms with van der Waals surface area (Å²) in [6.45, 7) is 11.5. The normalized spacial score (nSPS) is 17.0. The number of hydrogen-bond acceptors (Lipinski definition) is 5. The molecule has 7 heteroatoms. The lowest BCUT2D eigenvalue weighted by Gasteiger charge is -2.23. The predicted octanol–water partition coefficient (Wildman–Crippen LogP) is 5.26. The van der Waals surface area contributed by atoms with Crippen molar-refractivity contribution < 1.29 is 9.59 Å². The van der Waals surface area contributed by atoms with Crippen LogP contribution in [0.15, 0.2) is 18.2 Å². The topological polar surface area (TPSA) is 65.5 Å². The van der Waals surface area contributed by atoms with Crippen LogP contribution in [0.1, 0.15) is 63.3 Å². The molecule has 1 aromatic carbocycles. The third-order valence-corrected chi connectivity index (χ3v) is 7.23. The highest BCUT2D eigenvalue weighted by atomic mass is 32.1. The number of aryl methyl sites for hydroxylation is 1. The Hall–Kier alpha value is -2.25. The molecule has 2 aliphatic rings. The minimum atomic E-state index is -0.0223. The molecule has 4 rings (SSSR count). The van der Waals surface area contributed by atoms with Crippen molar-refractivity contribution in [1.82, 2.24) is 9.88 Å². The first-order valence-electron chi connectivity index (χ1n) is 12.1. The smallest absolute Gasteiger partial charge is 0.240 e. The van der Waals surface area contributed by atoms with E-state index in [2.05, 4.69) is 43.1 Å². The van der Waals surface area contributed by atoms with Crippen molar-refractivity contribution in [3.8, 4) is 11.3 Å². The zero-order valence-electron chi connectivity index (χ0n) is 20.4. The zero-order chi connectivity index (χ0) is 23.6. The van der Waals surface area contributed by atoms with E-state index < -0.39 is 0 Å². The van der Waals surface area contributed by atoms with Crippen LogP contribution in [0, 0.1) is 12.3 Å². The second-order valence-corrected chi connectivity index (χ2v) is 11.7. The van der Waals surface area contributed by atoms with Gasteiger partial charge < -0.3 is 10.2 Å². The summed E-state index contributed by atoms with van der Waals surface area (Å²) in [7, 11) is 0. The van der Waals surface area contributed by atoms with Crippen molar-refractivity contribution in [3.05, 3.63) is 28.6 Å². The summed E-state index contributed by atoms with van der Waals surface area (Å²) < 4.78 is 0. The number of rotatable bonds is 5. The summed E-state index contributed by atoms with van der Waals surface area (Å²) in [6, 6.07) is 6.26. The third kappa shape index (κ3) is 6.01. The van der Waals surface area contributed by atoms with Crippen LogP contribution < -0.4 is 10.2 Å². The Morgan fingerprint density at radius 2 is 1.82 bits per heavy atom. The molecule has 1 fully saturated rings. The Morgan fingerprint density at radius 3 is 2.52 bits per heavy atom. The number of aromatic nitrogens is 1. The van der Waals surface area contributed by atoms with Crippen molar-refractivity contribution in [2.24, 2.45) is 5.41 Å². The maximum atomic E-state index is 12.8. The Kier molecular flexibility index (Phi) is 7.19. The number of likely N-dealkylation sites (tertiary alicyclic amines) is 1. The van der Waals surface area contributed by atoms with Crippen LogP contribution >= 0.6 is 11.3 Å². The molecule has 1 saturated heterocycles. The van der Waals surface area contributed by atoms with Gasteiger partial charge in [-0.25, -0.2) is 4.98 Å². The fraction of sp³-hybridized carbons (Fsp3) is 0.577. The summed E-state index contributed by atoms with van der Waals surface area (Å²) in [5.74, 6) is 0.201. The molecule has 3 heterocycles. The molecule has 2 aliphatic heterocycles. The number of anilines is 2. The van der Waals surface area contributed by atoms with Gasteiger partial charge in [0.2, 0.25) is 11.8 Å². The van der Waals surface area contributed by atoms with Crippen molar-refractivity contribution in [2.75, 3.05) is 36.4 Å². The first-order valence-corrected chi connectivity index (χ1v) is 12.9. The lowest BCUT2D eigenvalue weighted by molar-refractivity contribution is -0.120. The average Bonchev–Trinajstić information content (AvgIpc) is 3.21. The highest BCUT2D eigenvalue weighted by Gasteiger charge is 2.28. The van der Waals surface area contributed by atoms with E-state index in [1.54, 1.807) is 0 Å². The number of hydrogen-bond donors (Lipinski definition) is 1. The lowest BCUT2D eigenvalue weighted by atomic mass is 9.91. The highest BCUT2D eigenvalue weighted by molar-refractivity contribution is 7.16. The van der Waals surface area contributed by atoms with Gasteiger partial charge in [-0.15, -0.1) is 11.3 Å². The number of fused-ring (bicyclic) bond motifs is 1. The molecule has 1 N–H and O–H groups in total. The Balaban J connectivity index is 1.44. The largest absolute Gasteiger partial charge is 0.312 e. The minimum absolute atomic E-state index is 0.0131. The van der Waals surface area contributed by atoms with Gasteiger partial charge in [-0.2, -0.15) is 0 Å². The highest BCUT2D eigenvalue weighted by Crippen LogP contribution is 2.36. The Labute approximate surface area is 201 Å². The second kappa shape index (κ2) is 9.94. The molecule has 0 radical (unpaired) electrons. The van der Waals surface area contributed by atoms with E-state index in [0.29, 0.717) is 18.1 Å². The van der Waals surface area contributed by atoms with E-state index in [1.165, 1.54) is 42.6 Å². The van der Waals surface area contributed by atoms with Crippen LogP contribution in [-0.4, -0.2) is 47.9 Å². The molecule has 0 atom stereocenters. The van der Waals surface area contributed by atoms with Gasteiger partial charge in [0.25, 0.3) is 0 Å². The molecule has 2 aromatic rings. The maximum absolute atomic E-state index is 12.8. The summed E-state index contributed by atoms with van der Waals surface area (Å²) in [5, 5.41) is 3.67. The summed E-state index contributed by atoms with van der Waals surface area (Å²) >= 11 is 1.52. The van der Waals surface area contributed by atoms with E-state index in [4.69, 9.17) is 4.98 Å². The van der Waals surface area contributed by atoms with E-state index in [0.717, 1.165) is 47.9 Å². The zero-order valence-corrected chi connectivity index (χ0v) is 21.2. The second-order valence-electron chi connectivity index (χ2n) is 10.5. The molecule has 178 valence electrons. The number of nitrogens with zero attached hydrogens (tertiary/aromatic N) is 3. The van der Waals surface area contributed by atoms with Crippen LogP contribution in [-0.2, 0) is 16.0 Å². The van der Waals surface area contributed by atoms with Gasteiger partial charge in [-0.3, -0.25) is 14.5 Å². The van der Waals surface area contributed by atoms with Gasteiger partial charge in [-0.1, -0.05) is 39.7 Å². The SMILES string of the molecule is Cc1sc(NC(=O)CN2CCCCCC2)nc1-c1ccc2c(c1)CCN2C(=O)CC(C)(C)C. The summed E-state index contributed by atoms with van der Waals surface area (Å²) in [5.41, 5.74) is 4.14. The summed E-state index contributed by atoms with van der Waals surface area (Å²) in [4.78, 5) is 35.4. The van der Waals surface area contributed by atoms with Gasteiger partial charge in [-0.05, 0) is 62.4 Å². The number of benzene rings is 1. The molecule has 0 bridgehead atoms. The first kappa shape index (κ1) is 23.9.